The third-order valence-electron chi connectivity index (χ3n) is 5.11. The lowest BCUT2D eigenvalue weighted by molar-refractivity contribution is -0.137. The van der Waals surface area contributed by atoms with E-state index < -0.39 is 21.8 Å². The number of sulfonamides is 1. The molecule has 1 aliphatic rings. The molecule has 0 N–H and O–H groups in total. The van der Waals surface area contributed by atoms with Crippen LogP contribution in [-0.4, -0.2) is 55.5 Å². The number of hydrogen-bond acceptors (Lipinski definition) is 4. The van der Waals surface area contributed by atoms with Crippen molar-refractivity contribution < 1.29 is 31.2 Å². The fourth-order valence-corrected chi connectivity index (χ4v) is 4.77. The second kappa shape index (κ2) is 8.80. The Morgan fingerprint density at radius 1 is 0.968 bits per heavy atom. The number of ketones is 1. The highest BCUT2D eigenvalue weighted by Gasteiger charge is 2.31. The Morgan fingerprint density at radius 3 is 2.13 bits per heavy atom. The number of rotatable bonds is 5. The molecule has 1 heterocycles. The van der Waals surface area contributed by atoms with Crippen LogP contribution >= 0.6 is 0 Å². The quantitative estimate of drug-likeness (QED) is 0.651. The Hall–Kier alpha value is -2.72. The van der Waals surface area contributed by atoms with Crippen molar-refractivity contribution in [2.24, 2.45) is 0 Å². The van der Waals surface area contributed by atoms with Gasteiger partial charge in [-0.1, -0.05) is 24.3 Å². The van der Waals surface area contributed by atoms with Crippen LogP contribution in [0.3, 0.4) is 0 Å². The van der Waals surface area contributed by atoms with Gasteiger partial charge in [0.05, 0.1) is 16.9 Å². The molecule has 0 saturated carbocycles. The number of halogens is 3. The zero-order valence-corrected chi connectivity index (χ0v) is 17.5. The molecule has 2 aromatic rings. The van der Waals surface area contributed by atoms with Crippen molar-refractivity contribution >= 4 is 21.7 Å². The molecular weight excluding hydrogens is 433 g/mol. The number of amides is 1. The molecule has 3 rings (SSSR count). The second-order valence-corrected chi connectivity index (χ2v) is 9.18. The number of piperazine rings is 1. The fraction of sp³-hybridized carbons (Fsp3) is 0.333. The summed E-state index contributed by atoms with van der Waals surface area (Å²) < 4.78 is 64.9. The Balaban J connectivity index is 1.61. The summed E-state index contributed by atoms with van der Waals surface area (Å²) in [5.74, 6) is -0.522. The van der Waals surface area contributed by atoms with Crippen LogP contribution in [0.5, 0.6) is 0 Å². The Kier molecular flexibility index (Phi) is 6.51. The summed E-state index contributed by atoms with van der Waals surface area (Å²) in [4.78, 5) is 25.5. The van der Waals surface area contributed by atoms with Crippen molar-refractivity contribution in [2.75, 3.05) is 26.2 Å². The van der Waals surface area contributed by atoms with Gasteiger partial charge in [0.1, 0.15) is 0 Å². The third-order valence-corrected chi connectivity index (χ3v) is 7.00. The third kappa shape index (κ3) is 5.31. The molecule has 166 valence electrons. The number of carbonyl (C=O) groups excluding carboxylic acids is 2. The smallest absolute Gasteiger partial charge is 0.340 e. The first-order chi connectivity index (χ1) is 14.5. The minimum absolute atomic E-state index is 0.0183. The molecule has 0 bridgehead atoms. The maximum Gasteiger partial charge on any atom is 0.416 e. The first-order valence-corrected chi connectivity index (χ1v) is 11.0. The zero-order chi connectivity index (χ0) is 22.8. The molecule has 10 heteroatoms. The molecular formula is C21H21F3N2O4S. The van der Waals surface area contributed by atoms with Crippen molar-refractivity contribution in [3.8, 4) is 0 Å². The number of hydrogen-bond donors (Lipinski definition) is 0. The van der Waals surface area contributed by atoms with Crippen LogP contribution in [-0.2, 0) is 27.4 Å². The Bertz CT molecular complexity index is 1070. The Morgan fingerprint density at radius 2 is 1.58 bits per heavy atom. The lowest BCUT2D eigenvalue weighted by atomic mass is 10.1. The van der Waals surface area contributed by atoms with Crippen LogP contribution in [0, 0.1) is 0 Å². The highest BCUT2D eigenvalue weighted by molar-refractivity contribution is 7.89. The molecule has 1 aliphatic heterocycles. The van der Waals surface area contributed by atoms with Crippen LogP contribution in [0.2, 0.25) is 0 Å². The number of benzene rings is 2. The van der Waals surface area contributed by atoms with E-state index in [0.29, 0.717) is 11.1 Å². The molecule has 0 atom stereocenters. The van der Waals surface area contributed by atoms with E-state index in [4.69, 9.17) is 0 Å². The minimum Gasteiger partial charge on any atom is -0.340 e. The molecule has 1 amide bonds. The van der Waals surface area contributed by atoms with E-state index in [9.17, 15) is 31.2 Å². The van der Waals surface area contributed by atoms with Crippen molar-refractivity contribution in [2.45, 2.75) is 24.4 Å². The van der Waals surface area contributed by atoms with Gasteiger partial charge in [0.25, 0.3) is 0 Å². The predicted molar refractivity (Wildman–Crippen MR) is 107 cm³/mol. The number of nitrogens with zero attached hydrogens (tertiary/aromatic N) is 2. The van der Waals surface area contributed by atoms with Gasteiger partial charge in [-0.2, -0.15) is 17.5 Å². The minimum atomic E-state index is -4.44. The average Bonchev–Trinajstić information content (AvgIpc) is 2.73. The largest absolute Gasteiger partial charge is 0.416 e. The fourth-order valence-electron chi connectivity index (χ4n) is 3.30. The first-order valence-electron chi connectivity index (χ1n) is 9.53. The van der Waals surface area contributed by atoms with Crippen molar-refractivity contribution in [1.82, 2.24) is 9.21 Å². The second-order valence-electron chi connectivity index (χ2n) is 7.24. The van der Waals surface area contributed by atoms with Crippen LogP contribution in [0.15, 0.2) is 53.4 Å². The number of carbonyl (C=O) groups is 2. The van der Waals surface area contributed by atoms with E-state index >= 15 is 0 Å². The summed E-state index contributed by atoms with van der Waals surface area (Å²) in [5.41, 5.74) is -0.0307. The van der Waals surface area contributed by atoms with Gasteiger partial charge in [-0.15, -0.1) is 0 Å². The molecule has 0 aliphatic carbocycles. The van der Waals surface area contributed by atoms with E-state index in [1.54, 1.807) is 6.07 Å². The molecule has 1 saturated heterocycles. The van der Waals surface area contributed by atoms with Gasteiger partial charge in [-0.25, -0.2) is 8.42 Å². The predicted octanol–water partition coefficient (Wildman–Crippen LogP) is 2.98. The summed E-state index contributed by atoms with van der Waals surface area (Å²) in [6.07, 6.45) is -4.50. The molecule has 0 spiro atoms. The molecule has 0 aromatic heterocycles. The molecule has 1 fully saturated rings. The van der Waals surface area contributed by atoms with Crippen LogP contribution in [0.4, 0.5) is 13.2 Å². The summed E-state index contributed by atoms with van der Waals surface area (Å²) in [5, 5.41) is 0. The van der Waals surface area contributed by atoms with Crippen molar-refractivity contribution in [1.29, 1.82) is 0 Å². The van der Waals surface area contributed by atoms with Gasteiger partial charge < -0.3 is 4.90 Å². The van der Waals surface area contributed by atoms with E-state index in [2.05, 4.69) is 0 Å². The summed E-state index contributed by atoms with van der Waals surface area (Å²) in [6.45, 7) is 1.87. The van der Waals surface area contributed by atoms with Gasteiger partial charge in [-0.05, 0) is 36.8 Å². The maximum atomic E-state index is 12.9. The SMILES string of the molecule is CC(=O)c1cccc(S(=O)(=O)N2CCN(C(=O)Cc3ccc(C(F)(F)F)cc3)CC2)c1. The first kappa shape index (κ1) is 23.0. The molecule has 0 unspecified atom stereocenters. The van der Waals surface area contributed by atoms with Gasteiger partial charge in [0.15, 0.2) is 5.78 Å². The standard InChI is InChI=1S/C21H21F3N2O4S/c1-15(27)17-3-2-4-19(14-17)31(29,30)26-11-9-25(10-12-26)20(28)13-16-5-7-18(8-6-16)21(22,23)24/h2-8,14H,9-13H2,1H3. The van der Waals surface area contributed by atoms with E-state index in [1.807, 2.05) is 0 Å². The topological polar surface area (TPSA) is 74.8 Å². The van der Waals surface area contributed by atoms with Gasteiger partial charge in [0, 0.05) is 31.7 Å². The molecule has 2 aromatic carbocycles. The lowest BCUT2D eigenvalue weighted by Gasteiger charge is -2.34. The Labute approximate surface area is 178 Å². The van der Waals surface area contributed by atoms with Gasteiger partial charge >= 0.3 is 6.18 Å². The number of alkyl halides is 3. The van der Waals surface area contributed by atoms with E-state index in [0.717, 1.165) is 12.1 Å². The summed E-state index contributed by atoms with van der Waals surface area (Å²) in [6, 6.07) is 10.2. The van der Waals surface area contributed by atoms with Gasteiger partial charge in [0.2, 0.25) is 15.9 Å². The monoisotopic (exact) mass is 454 g/mol. The van der Waals surface area contributed by atoms with Gasteiger partial charge in [-0.3, -0.25) is 9.59 Å². The van der Waals surface area contributed by atoms with Crippen molar-refractivity contribution in [3.63, 3.8) is 0 Å². The lowest BCUT2D eigenvalue weighted by Crippen LogP contribution is -2.50. The zero-order valence-electron chi connectivity index (χ0n) is 16.7. The average molecular weight is 454 g/mol. The summed E-state index contributed by atoms with van der Waals surface area (Å²) in [7, 11) is -3.81. The highest BCUT2D eigenvalue weighted by atomic mass is 32.2. The van der Waals surface area contributed by atoms with E-state index in [-0.39, 0.29) is 49.2 Å². The highest BCUT2D eigenvalue weighted by Crippen LogP contribution is 2.29. The van der Waals surface area contributed by atoms with Crippen molar-refractivity contribution in [3.05, 3.63) is 65.2 Å². The summed E-state index contributed by atoms with van der Waals surface area (Å²) >= 11 is 0. The molecule has 0 radical (unpaired) electrons. The van der Waals surface area contributed by atoms with Crippen LogP contribution in [0.25, 0.3) is 0 Å². The van der Waals surface area contributed by atoms with E-state index in [1.165, 1.54) is 46.5 Å². The number of Topliss-reactive ketones (excluding diaryl/α,β-unsaturated/α-hetero) is 1. The van der Waals surface area contributed by atoms with Crippen LogP contribution in [0.1, 0.15) is 28.4 Å². The molecule has 6 nitrogen and oxygen atoms in total. The van der Waals surface area contributed by atoms with Crippen LogP contribution < -0.4 is 0 Å². The maximum absolute atomic E-state index is 12.9. The molecule has 31 heavy (non-hydrogen) atoms. The normalized spacial score (nSPS) is 15.7.